The van der Waals surface area contributed by atoms with Crippen LogP contribution in [0.1, 0.15) is 38.5 Å². The number of ether oxygens (including phenoxy) is 2. The van der Waals surface area contributed by atoms with Crippen molar-refractivity contribution in [3.8, 4) is 5.75 Å². The molecule has 0 spiro atoms. The second-order valence-corrected chi connectivity index (χ2v) is 10.1. The van der Waals surface area contributed by atoms with Crippen LogP contribution in [0.15, 0.2) is 29.4 Å². The predicted octanol–water partition coefficient (Wildman–Crippen LogP) is 2.37. The van der Waals surface area contributed by atoms with Gasteiger partial charge >= 0.3 is 5.97 Å². The van der Waals surface area contributed by atoms with Gasteiger partial charge < -0.3 is 9.47 Å². The summed E-state index contributed by atoms with van der Waals surface area (Å²) in [5.41, 5.74) is 0.244. The zero-order valence-electron chi connectivity index (χ0n) is 18.3. The largest absolute Gasteiger partial charge is 0.497 e. The number of hydrazone groups is 1. The van der Waals surface area contributed by atoms with Crippen molar-refractivity contribution in [2.24, 2.45) is 28.8 Å². The molecule has 7 rings (SSSR count). The summed E-state index contributed by atoms with van der Waals surface area (Å²) >= 11 is 0. The van der Waals surface area contributed by atoms with Crippen LogP contribution in [0, 0.1) is 23.7 Å². The average Bonchev–Trinajstić information content (AvgIpc) is 3.30. The molecule has 4 aliphatic carbocycles. The van der Waals surface area contributed by atoms with Gasteiger partial charge in [0.2, 0.25) is 5.91 Å². The lowest BCUT2D eigenvalue weighted by Crippen LogP contribution is -2.61. The van der Waals surface area contributed by atoms with Gasteiger partial charge in [-0.2, -0.15) is 5.10 Å². The maximum atomic E-state index is 13.8. The number of hydrogen-bond donors (Lipinski definition) is 0. The Labute approximate surface area is 186 Å². The first-order chi connectivity index (χ1) is 15.4. The minimum Gasteiger partial charge on any atom is -0.497 e. The number of nitrogens with zero attached hydrogens (tertiary/aromatic N) is 3. The Balaban J connectivity index is 1.43. The van der Waals surface area contributed by atoms with E-state index in [0.29, 0.717) is 29.2 Å². The topological polar surface area (TPSA) is 88.5 Å². The lowest BCUT2D eigenvalue weighted by molar-refractivity contribution is -0.134. The maximum Gasteiger partial charge on any atom is 0.355 e. The predicted molar refractivity (Wildman–Crippen MR) is 115 cm³/mol. The zero-order chi connectivity index (χ0) is 22.2. The van der Waals surface area contributed by atoms with Gasteiger partial charge in [-0.15, -0.1) is 0 Å². The summed E-state index contributed by atoms with van der Waals surface area (Å²) in [6.45, 7) is 0. The number of carbonyl (C=O) groups is 3. The Kier molecular flexibility index (Phi) is 4.20. The lowest BCUT2D eigenvalue weighted by Gasteiger charge is -2.59. The number of imide groups is 1. The molecule has 0 N–H and O–H groups in total. The summed E-state index contributed by atoms with van der Waals surface area (Å²) in [7, 11) is 2.83. The van der Waals surface area contributed by atoms with E-state index in [-0.39, 0.29) is 17.2 Å². The molecule has 4 bridgehead atoms. The van der Waals surface area contributed by atoms with E-state index in [1.165, 1.54) is 38.4 Å². The van der Waals surface area contributed by atoms with Crippen molar-refractivity contribution in [2.75, 3.05) is 19.1 Å². The maximum absolute atomic E-state index is 13.8. The molecule has 168 valence electrons. The van der Waals surface area contributed by atoms with Crippen LogP contribution in [0.4, 0.5) is 5.69 Å². The normalized spacial score (nSPS) is 37.1. The average molecular weight is 437 g/mol. The van der Waals surface area contributed by atoms with Crippen LogP contribution in [-0.4, -0.2) is 54.3 Å². The number of amides is 2. The molecule has 2 unspecified atom stereocenters. The van der Waals surface area contributed by atoms with E-state index in [2.05, 4.69) is 5.10 Å². The Hall–Kier alpha value is -2.90. The van der Waals surface area contributed by atoms with Crippen LogP contribution >= 0.6 is 0 Å². The van der Waals surface area contributed by atoms with Crippen molar-refractivity contribution < 1.29 is 23.9 Å². The lowest BCUT2D eigenvalue weighted by atomic mass is 9.52. The van der Waals surface area contributed by atoms with Crippen LogP contribution in [0.25, 0.3) is 0 Å². The van der Waals surface area contributed by atoms with Gasteiger partial charge in [0.15, 0.2) is 5.71 Å². The summed E-state index contributed by atoms with van der Waals surface area (Å²) in [5.74, 6) is 0.141. The molecule has 0 aromatic heterocycles. The summed E-state index contributed by atoms with van der Waals surface area (Å²) in [5, 5.41) is 6.55. The van der Waals surface area contributed by atoms with E-state index in [9.17, 15) is 14.4 Å². The molecule has 1 saturated heterocycles. The highest BCUT2D eigenvalue weighted by Crippen LogP contribution is 2.59. The molecule has 5 fully saturated rings. The van der Waals surface area contributed by atoms with Gasteiger partial charge in [-0.3, -0.25) is 14.6 Å². The van der Waals surface area contributed by atoms with Crippen molar-refractivity contribution in [1.29, 1.82) is 0 Å². The highest BCUT2D eigenvalue weighted by atomic mass is 16.5. The number of anilines is 1. The Bertz CT molecular complexity index is 1010. The second kappa shape index (κ2) is 6.80. The van der Waals surface area contributed by atoms with E-state index in [0.717, 1.165) is 19.3 Å². The first-order valence-corrected chi connectivity index (χ1v) is 11.4. The minimum absolute atomic E-state index is 0.0528. The number of fused-ring (bicyclic) bond motifs is 1. The first-order valence-electron chi connectivity index (χ1n) is 11.4. The summed E-state index contributed by atoms with van der Waals surface area (Å²) in [4.78, 5) is 41.1. The Morgan fingerprint density at radius 1 is 1.03 bits per heavy atom. The third kappa shape index (κ3) is 2.61. The van der Waals surface area contributed by atoms with Crippen LogP contribution in [0.5, 0.6) is 5.75 Å². The van der Waals surface area contributed by atoms with Crippen LogP contribution in [0.2, 0.25) is 0 Å². The molecule has 1 aromatic carbocycles. The smallest absolute Gasteiger partial charge is 0.355 e. The molecule has 2 heterocycles. The second-order valence-electron chi connectivity index (χ2n) is 10.1. The molecular formula is C24H27N3O5. The fraction of sp³-hybridized carbons (Fsp3) is 0.583. The number of benzene rings is 1. The fourth-order valence-electron chi connectivity index (χ4n) is 7.43. The first kappa shape index (κ1) is 19.8. The molecule has 32 heavy (non-hydrogen) atoms. The van der Waals surface area contributed by atoms with Gasteiger partial charge in [-0.05, 0) is 68.4 Å². The van der Waals surface area contributed by atoms with E-state index >= 15 is 0 Å². The number of esters is 1. The molecule has 8 nitrogen and oxygen atoms in total. The van der Waals surface area contributed by atoms with Gasteiger partial charge in [0.05, 0.1) is 25.4 Å². The fourth-order valence-corrected chi connectivity index (χ4v) is 7.43. The standard InChI is InChI=1S/C24H27N3O5/c1-31-17-5-3-4-16(9-17)26-21(28)18-19(23(30)32-2)25-27(20(18)22(26)29)24-10-13-6-14(11-24)8-15(7-13)12-24/h3-5,9,13-15,18,20H,6-8,10-12H2,1-2H3. The molecule has 2 atom stereocenters. The SMILES string of the molecule is COC(=O)C1=NN(C23CC4CC(CC(C4)C2)C3)C2C(=O)N(c3cccc(OC)c3)C(=O)C12. The molecular weight excluding hydrogens is 410 g/mol. The van der Waals surface area contributed by atoms with Crippen LogP contribution < -0.4 is 9.64 Å². The van der Waals surface area contributed by atoms with E-state index < -0.39 is 23.8 Å². The van der Waals surface area contributed by atoms with Crippen molar-refractivity contribution in [2.45, 2.75) is 50.1 Å². The van der Waals surface area contributed by atoms with Crippen molar-refractivity contribution in [1.82, 2.24) is 5.01 Å². The third-order valence-electron chi connectivity index (χ3n) is 8.25. The van der Waals surface area contributed by atoms with Gasteiger partial charge in [-0.1, -0.05) is 6.07 Å². The summed E-state index contributed by atoms with van der Waals surface area (Å²) in [6.07, 6.45) is 6.66. The van der Waals surface area contributed by atoms with E-state index in [1.54, 1.807) is 24.3 Å². The molecule has 4 saturated carbocycles. The quantitative estimate of drug-likeness (QED) is 0.531. The molecule has 1 aromatic rings. The highest BCUT2D eigenvalue weighted by Gasteiger charge is 2.65. The Morgan fingerprint density at radius 3 is 2.28 bits per heavy atom. The van der Waals surface area contributed by atoms with Crippen molar-refractivity contribution >= 4 is 29.2 Å². The zero-order valence-corrected chi connectivity index (χ0v) is 18.3. The van der Waals surface area contributed by atoms with Crippen LogP contribution in [-0.2, 0) is 19.1 Å². The molecule has 8 heteroatoms. The highest BCUT2D eigenvalue weighted by molar-refractivity contribution is 6.46. The molecule has 2 aliphatic heterocycles. The van der Waals surface area contributed by atoms with Gasteiger partial charge in [-0.25, -0.2) is 9.69 Å². The van der Waals surface area contributed by atoms with Gasteiger partial charge in [0.1, 0.15) is 17.7 Å². The molecule has 2 amide bonds. The van der Waals surface area contributed by atoms with Crippen molar-refractivity contribution in [3.05, 3.63) is 24.3 Å². The molecule has 0 radical (unpaired) electrons. The Morgan fingerprint density at radius 2 is 1.69 bits per heavy atom. The monoisotopic (exact) mass is 437 g/mol. The van der Waals surface area contributed by atoms with Gasteiger partial charge in [0, 0.05) is 6.07 Å². The molecule has 6 aliphatic rings. The van der Waals surface area contributed by atoms with Crippen LogP contribution in [0.3, 0.4) is 0 Å². The van der Waals surface area contributed by atoms with E-state index in [4.69, 9.17) is 9.47 Å². The number of hydrogen-bond acceptors (Lipinski definition) is 7. The van der Waals surface area contributed by atoms with Crippen molar-refractivity contribution in [3.63, 3.8) is 0 Å². The minimum atomic E-state index is -0.936. The number of rotatable bonds is 4. The third-order valence-corrected chi connectivity index (χ3v) is 8.25. The number of carbonyl (C=O) groups excluding carboxylic acids is 3. The summed E-state index contributed by atoms with van der Waals surface area (Å²) < 4.78 is 10.3. The van der Waals surface area contributed by atoms with E-state index in [1.807, 2.05) is 5.01 Å². The summed E-state index contributed by atoms with van der Waals surface area (Å²) in [6, 6.07) is 6.09. The van der Waals surface area contributed by atoms with Gasteiger partial charge in [0.25, 0.3) is 5.91 Å². The number of methoxy groups -OCH3 is 2.